The van der Waals surface area contributed by atoms with E-state index in [-0.39, 0.29) is 5.41 Å². The standard InChI is InChI=1S/C8H9N3/c9-6-8(3-4-8)7-2-1-5-10-11-7/h1-2,5,10-11H,3-4H2. The van der Waals surface area contributed by atoms with E-state index >= 15 is 0 Å². The van der Waals surface area contributed by atoms with Gasteiger partial charge in [0.1, 0.15) is 0 Å². The van der Waals surface area contributed by atoms with Gasteiger partial charge >= 0.3 is 0 Å². The van der Waals surface area contributed by atoms with Gasteiger partial charge in [-0.15, -0.1) is 0 Å². The minimum Gasteiger partial charge on any atom is -0.308 e. The highest BCUT2D eigenvalue weighted by molar-refractivity contribution is 5.33. The van der Waals surface area contributed by atoms with Crippen LogP contribution in [0.5, 0.6) is 0 Å². The van der Waals surface area contributed by atoms with Gasteiger partial charge in [-0.3, -0.25) is 0 Å². The van der Waals surface area contributed by atoms with Gasteiger partial charge in [-0.05, 0) is 25.0 Å². The molecule has 1 heterocycles. The normalized spacial score (nSPS) is 24.1. The van der Waals surface area contributed by atoms with Gasteiger partial charge in [-0.25, -0.2) is 0 Å². The van der Waals surface area contributed by atoms with Crippen molar-refractivity contribution in [2.45, 2.75) is 12.8 Å². The van der Waals surface area contributed by atoms with Crippen molar-refractivity contribution in [2.75, 3.05) is 0 Å². The molecule has 0 bridgehead atoms. The molecule has 0 aromatic carbocycles. The molecular formula is C8H9N3. The van der Waals surface area contributed by atoms with Gasteiger partial charge in [-0.2, -0.15) is 5.26 Å². The van der Waals surface area contributed by atoms with Crippen LogP contribution in [0.3, 0.4) is 0 Å². The fourth-order valence-electron chi connectivity index (χ4n) is 1.20. The van der Waals surface area contributed by atoms with E-state index in [1.807, 2.05) is 12.2 Å². The van der Waals surface area contributed by atoms with Crippen LogP contribution in [0.1, 0.15) is 12.8 Å². The quantitative estimate of drug-likeness (QED) is 0.576. The molecule has 0 amide bonds. The average molecular weight is 147 g/mol. The monoisotopic (exact) mass is 147 g/mol. The average Bonchev–Trinajstić information content (AvgIpc) is 2.86. The summed E-state index contributed by atoms with van der Waals surface area (Å²) in [6.45, 7) is 0. The first-order valence-corrected chi connectivity index (χ1v) is 3.67. The molecule has 0 atom stereocenters. The smallest absolute Gasteiger partial charge is 0.0987 e. The SMILES string of the molecule is N#CC1(C2=CC=CNN2)CC1. The third-order valence-corrected chi connectivity index (χ3v) is 2.13. The second-order valence-electron chi connectivity index (χ2n) is 2.90. The number of hydrogen-bond donors (Lipinski definition) is 2. The summed E-state index contributed by atoms with van der Waals surface area (Å²) >= 11 is 0. The number of hydrazine groups is 1. The highest BCUT2D eigenvalue weighted by Crippen LogP contribution is 2.50. The maximum absolute atomic E-state index is 8.83. The summed E-state index contributed by atoms with van der Waals surface area (Å²) in [4.78, 5) is 0. The van der Waals surface area contributed by atoms with Gasteiger partial charge in [0.25, 0.3) is 0 Å². The van der Waals surface area contributed by atoms with E-state index in [0.717, 1.165) is 18.5 Å². The Morgan fingerprint density at radius 3 is 2.82 bits per heavy atom. The van der Waals surface area contributed by atoms with Crippen LogP contribution in [0, 0.1) is 16.7 Å². The topological polar surface area (TPSA) is 47.9 Å². The molecule has 0 unspecified atom stereocenters. The van der Waals surface area contributed by atoms with Gasteiger partial charge in [-0.1, -0.05) is 0 Å². The van der Waals surface area contributed by atoms with Crippen molar-refractivity contribution in [2.24, 2.45) is 5.41 Å². The highest BCUT2D eigenvalue weighted by Gasteiger charge is 2.47. The zero-order valence-corrected chi connectivity index (χ0v) is 6.09. The maximum Gasteiger partial charge on any atom is 0.0987 e. The number of hydrogen-bond acceptors (Lipinski definition) is 3. The first kappa shape index (κ1) is 6.29. The molecule has 3 nitrogen and oxygen atoms in total. The second kappa shape index (κ2) is 2.03. The van der Waals surface area contributed by atoms with E-state index in [2.05, 4.69) is 16.9 Å². The van der Waals surface area contributed by atoms with Crippen LogP contribution in [0.15, 0.2) is 24.0 Å². The summed E-state index contributed by atoms with van der Waals surface area (Å²) in [5.41, 5.74) is 6.65. The lowest BCUT2D eigenvalue weighted by molar-refractivity contribution is 0.613. The molecule has 11 heavy (non-hydrogen) atoms. The van der Waals surface area contributed by atoms with E-state index in [1.54, 1.807) is 6.20 Å². The zero-order valence-electron chi connectivity index (χ0n) is 6.09. The molecule has 2 rings (SSSR count). The third kappa shape index (κ3) is 0.874. The Morgan fingerprint density at radius 2 is 2.36 bits per heavy atom. The first-order valence-electron chi connectivity index (χ1n) is 3.67. The maximum atomic E-state index is 8.83. The molecule has 0 aromatic rings. The van der Waals surface area contributed by atoms with Crippen LogP contribution in [0.2, 0.25) is 0 Å². The number of nitriles is 1. The van der Waals surface area contributed by atoms with Crippen molar-refractivity contribution in [3.05, 3.63) is 24.0 Å². The molecule has 0 radical (unpaired) electrons. The van der Waals surface area contributed by atoms with Gasteiger partial charge in [0, 0.05) is 6.20 Å². The molecule has 2 N–H and O–H groups in total. The van der Waals surface area contributed by atoms with E-state index in [4.69, 9.17) is 5.26 Å². The van der Waals surface area contributed by atoms with Gasteiger partial charge in [0.15, 0.2) is 0 Å². The minimum atomic E-state index is -0.197. The van der Waals surface area contributed by atoms with E-state index in [0.29, 0.717) is 0 Å². The molecule has 56 valence electrons. The summed E-state index contributed by atoms with van der Waals surface area (Å²) in [6, 6.07) is 2.32. The summed E-state index contributed by atoms with van der Waals surface area (Å²) in [5.74, 6) is 0. The van der Waals surface area contributed by atoms with Gasteiger partial charge in [0.05, 0.1) is 17.2 Å². The van der Waals surface area contributed by atoms with Crippen molar-refractivity contribution in [1.82, 2.24) is 10.9 Å². The third-order valence-electron chi connectivity index (χ3n) is 2.13. The number of allylic oxidation sites excluding steroid dienone is 3. The van der Waals surface area contributed by atoms with Crippen molar-refractivity contribution in [1.29, 1.82) is 5.26 Å². The van der Waals surface area contributed by atoms with Crippen LogP contribution in [-0.2, 0) is 0 Å². The molecule has 0 saturated heterocycles. The Hall–Kier alpha value is -1.43. The van der Waals surface area contributed by atoms with E-state index < -0.39 is 0 Å². The Morgan fingerprint density at radius 1 is 1.55 bits per heavy atom. The summed E-state index contributed by atoms with van der Waals surface area (Å²) < 4.78 is 0. The molecule has 0 aromatic heterocycles. The largest absolute Gasteiger partial charge is 0.308 e. The van der Waals surface area contributed by atoms with E-state index in [1.165, 1.54) is 0 Å². The predicted molar refractivity (Wildman–Crippen MR) is 40.8 cm³/mol. The van der Waals surface area contributed by atoms with Crippen LogP contribution >= 0.6 is 0 Å². The number of nitrogens with zero attached hydrogens (tertiary/aromatic N) is 1. The predicted octanol–water partition coefficient (Wildman–Crippen LogP) is 0.796. The van der Waals surface area contributed by atoms with Crippen molar-refractivity contribution in [3.63, 3.8) is 0 Å². The van der Waals surface area contributed by atoms with Crippen molar-refractivity contribution < 1.29 is 0 Å². The number of rotatable bonds is 1. The Balaban J connectivity index is 2.22. The molecule has 1 fully saturated rings. The molecular weight excluding hydrogens is 138 g/mol. The summed E-state index contributed by atoms with van der Waals surface area (Å²) in [6.07, 6.45) is 7.63. The Kier molecular flexibility index (Phi) is 1.16. The highest BCUT2D eigenvalue weighted by atomic mass is 15.4. The van der Waals surface area contributed by atoms with Crippen LogP contribution < -0.4 is 10.9 Å². The van der Waals surface area contributed by atoms with Gasteiger partial charge < -0.3 is 10.9 Å². The fourth-order valence-corrected chi connectivity index (χ4v) is 1.20. The lowest BCUT2D eigenvalue weighted by atomic mass is 10.0. The summed E-state index contributed by atoms with van der Waals surface area (Å²) in [5, 5.41) is 8.83. The van der Waals surface area contributed by atoms with Crippen LogP contribution in [0.25, 0.3) is 0 Å². The van der Waals surface area contributed by atoms with Crippen molar-refractivity contribution >= 4 is 0 Å². The zero-order chi connectivity index (χ0) is 7.73. The molecule has 1 saturated carbocycles. The minimum absolute atomic E-state index is 0.197. The molecule has 2 aliphatic rings. The van der Waals surface area contributed by atoms with Crippen LogP contribution in [0.4, 0.5) is 0 Å². The Labute approximate surface area is 65.4 Å². The summed E-state index contributed by atoms with van der Waals surface area (Å²) in [7, 11) is 0. The Bertz CT molecular complexity index is 266. The van der Waals surface area contributed by atoms with E-state index in [9.17, 15) is 0 Å². The molecule has 1 aliphatic heterocycles. The van der Waals surface area contributed by atoms with Gasteiger partial charge in [0.2, 0.25) is 0 Å². The second-order valence-corrected chi connectivity index (χ2v) is 2.90. The van der Waals surface area contributed by atoms with Crippen LogP contribution in [-0.4, -0.2) is 0 Å². The lowest BCUT2D eigenvalue weighted by Crippen LogP contribution is -2.32. The molecule has 1 aliphatic carbocycles. The fraction of sp³-hybridized carbons (Fsp3) is 0.375. The molecule has 3 heteroatoms. The molecule has 0 spiro atoms. The van der Waals surface area contributed by atoms with Crippen molar-refractivity contribution in [3.8, 4) is 6.07 Å². The number of nitrogens with one attached hydrogen (secondary N) is 2. The lowest BCUT2D eigenvalue weighted by Gasteiger charge is -2.16. The first-order chi connectivity index (χ1) is 5.37.